The second-order valence-electron chi connectivity index (χ2n) is 5.46. The molecule has 1 amide bonds. The van der Waals surface area contributed by atoms with E-state index in [0.717, 1.165) is 41.2 Å². The summed E-state index contributed by atoms with van der Waals surface area (Å²) in [4.78, 5) is 12.6. The van der Waals surface area contributed by atoms with Gasteiger partial charge in [-0.2, -0.15) is 5.10 Å². The number of fused-ring (bicyclic) bond motifs is 1. The summed E-state index contributed by atoms with van der Waals surface area (Å²) in [6.45, 7) is 1.86. The monoisotopic (exact) mass is 325 g/mol. The van der Waals surface area contributed by atoms with Gasteiger partial charge in [-0.1, -0.05) is 29.5 Å². The van der Waals surface area contributed by atoms with E-state index in [-0.39, 0.29) is 5.91 Å². The lowest BCUT2D eigenvalue weighted by Gasteiger charge is -2.04. The van der Waals surface area contributed by atoms with Crippen molar-refractivity contribution in [3.8, 4) is 5.69 Å². The molecule has 1 N–H and O–H groups in total. The van der Waals surface area contributed by atoms with Crippen LogP contribution < -0.4 is 5.32 Å². The van der Waals surface area contributed by atoms with Gasteiger partial charge in [-0.25, -0.2) is 4.68 Å². The van der Waals surface area contributed by atoms with E-state index < -0.39 is 0 Å². The first-order valence-electron chi connectivity index (χ1n) is 7.50. The SMILES string of the molecule is Cc1nnc(NC(=O)c2nn(-c3ccccc3)c3c2CCC3)s1. The lowest BCUT2D eigenvalue weighted by Crippen LogP contribution is -2.14. The van der Waals surface area contributed by atoms with Crippen LogP contribution in [0.1, 0.15) is 33.2 Å². The van der Waals surface area contributed by atoms with Crippen molar-refractivity contribution >= 4 is 22.4 Å². The third-order valence-corrected chi connectivity index (χ3v) is 4.65. The van der Waals surface area contributed by atoms with E-state index in [1.54, 1.807) is 0 Å². The highest BCUT2D eigenvalue weighted by Crippen LogP contribution is 2.28. The number of aryl methyl sites for hydroxylation is 1. The Labute approximate surface area is 137 Å². The number of carbonyl (C=O) groups excluding carboxylic acids is 1. The number of aromatic nitrogens is 4. The van der Waals surface area contributed by atoms with Gasteiger partial charge in [0.1, 0.15) is 5.01 Å². The summed E-state index contributed by atoms with van der Waals surface area (Å²) >= 11 is 1.36. The Kier molecular flexibility index (Phi) is 3.42. The molecule has 1 aliphatic rings. The number of rotatable bonds is 3. The van der Waals surface area contributed by atoms with Gasteiger partial charge in [0.15, 0.2) is 5.69 Å². The Morgan fingerprint density at radius 3 is 2.78 bits per heavy atom. The number of nitrogens with zero attached hydrogens (tertiary/aromatic N) is 4. The van der Waals surface area contributed by atoms with Crippen LogP contribution in [0.25, 0.3) is 5.69 Å². The smallest absolute Gasteiger partial charge is 0.278 e. The van der Waals surface area contributed by atoms with Crippen LogP contribution in [0.2, 0.25) is 0 Å². The zero-order valence-electron chi connectivity index (χ0n) is 12.6. The highest BCUT2D eigenvalue weighted by molar-refractivity contribution is 7.15. The first kappa shape index (κ1) is 14.1. The molecule has 2 aromatic heterocycles. The molecule has 23 heavy (non-hydrogen) atoms. The first-order chi connectivity index (χ1) is 11.2. The Hall–Kier alpha value is -2.54. The van der Waals surface area contributed by atoms with E-state index in [0.29, 0.717) is 10.8 Å². The zero-order valence-corrected chi connectivity index (χ0v) is 13.4. The minimum atomic E-state index is -0.214. The molecule has 116 valence electrons. The van der Waals surface area contributed by atoms with Gasteiger partial charge in [0.05, 0.1) is 5.69 Å². The highest BCUT2D eigenvalue weighted by atomic mass is 32.1. The number of nitrogens with one attached hydrogen (secondary N) is 1. The number of para-hydroxylation sites is 1. The molecule has 0 saturated heterocycles. The summed E-state index contributed by atoms with van der Waals surface area (Å²) in [5.74, 6) is -0.214. The van der Waals surface area contributed by atoms with E-state index in [1.807, 2.05) is 41.9 Å². The molecule has 2 heterocycles. The lowest BCUT2D eigenvalue weighted by atomic mass is 10.2. The summed E-state index contributed by atoms with van der Waals surface area (Å²) < 4.78 is 1.89. The van der Waals surface area contributed by atoms with Crippen LogP contribution in [0, 0.1) is 6.92 Å². The molecule has 0 aliphatic heterocycles. The average molecular weight is 325 g/mol. The van der Waals surface area contributed by atoms with Crippen LogP contribution in [0.4, 0.5) is 5.13 Å². The normalized spacial score (nSPS) is 13.1. The number of anilines is 1. The second kappa shape index (κ2) is 5.58. The maximum absolute atomic E-state index is 12.6. The van der Waals surface area contributed by atoms with Gasteiger partial charge in [-0.05, 0) is 38.3 Å². The molecule has 4 rings (SSSR count). The van der Waals surface area contributed by atoms with Gasteiger partial charge in [0, 0.05) is 11.3 Å². The fourth-order valence-electron chi connectivity index (χ4n) is 2.91. The lowest BCUT2D eigenvalue weighted by molar-refractivity contribution is 0.102. The quantitative estimate of drug-likeness (QED) is 0.803. The van der Waals surface area contributed by atoms with Gasteiger partial charge < -0.3 is 0 Å². The maximum atomic E-state index is 12.6. The Morgan fingerprint density at radius 1 is 1.22 bits per heavy atom. The van der Waals surface area contributed by atoms with Crippen molar-refractivity contribution in [2.45, 2.75) is 26.2 Å². The Morgan fingerprint density at radius 2 is 2.04 bits per heavy atom. The maximum Gasteiger partial charge on any atom is 0.278 e. The molecule has 0 atom stereocenters. The van der Waals surface area contributed by atoms with Crippen LogP contribution in [0.3, 0.4) is 0 Å². The molecular weight excluding hydrogens is 310 g/mol. The first-order valence-corrected chi connectivity index (χ1v) is 8.31. The molecule has 1 aliphatic carbocycles. The van der Waals surface area contributed by atoms with E-state index in [2.05, 4.69) is 20.6 Å². The van der Waals surface area contributed by atoms with Crippen molar-refractivity contribution in [2.24, 2.45) is 0 Å². The third kappa shape index (κ3) is 2.53. The molecule has 0 unspecified atom stereocenters. The Balaban J connectivity index is 1.71. The predicted molar refractivity (Wildman–Crippen MR) is 88.2 cm³/mol. The van der Waals surface area contributed by atoms with Crippen LogP contribution >= 0.6 is 11.3 Å². The van der Waals surface area contributed by atoms with Crippen molar-refractivity contribution in [3.05, 3.63) is 52.3 Å². The summed E-state index contributed by atoms with van der Waals surface area (Å²) in [6, 6.07) is 9.92. The number of hydrogen-bond donors (Lipinski definition) is 1. The molecular formula is C16H15N5OS. The second-order valence-corrected chi connectivity index (χ2v) is 6.64. The minimum Gasteiger partial charge on any atom is -0.295 e. The van der Waals surface area contributed by atoms with Gasteiger partial charge in [0.2, 0.25) is 5.13 Å². The molecule has 0 fully saturated rings. The minimum absolute atomic E-state index is 0.214. The van der Waals surface area contributed by atoms with Crippen molar-refractivity contribution in [1.82, 2.24) is 20.0 Å². The van der Waals surface area contributed by atoms with Gasteiger partial charge >= 0.3 is 0 Å². The summed E-state index contributed by atoms with van der Waals surface area (Å²) in [5, 5.41) is 16.6. The standard InChI is InChI=1S/C16H15N5OS/c1-10-18-19-16(23-10)17-15(22)14-12-8-5-9-13(12)21(20-14)11-6-3-2-4-7-11/h2-4,6-7H,5,8-9H2,1H3,(H,17,19,22). The molecule has 0 spiro atoms. The molecule has 0 saturated carbocycles. The number of carbonyl (C=O) groups is 1. The van der Waals surface area contributed by atoms with E-state index in [1.165, 1.54) is 11.3 Å². The van der Waals surface area contributed by atoms with Gasteiger partial charge in [0.25, 0.3) is 5.91 Å². The topological polar surface area (TPSA) is 72.7 Å². The largest absolute Gasteiger partial charge is 0.295 e. The van der Waals surface area contributed by atoms with E-state index >= 15 is 0 Å². The van der Waals surface area contributed by atoms with Crippen LogP contribution in [-0.4, -0.2) is 25.9 Å². The molecule has 1 aromatic carbocycles. The summed E-state index contributed by atoms with van der Waals surface area (Å²) in [7, 11) is 0. The van der Waals surface area contributed by atoms with Crippen LogP contribution in [-0.2, 0) is 12.8 Å². The average Bonchev–Trinajstić information content (AvgIpc) is 3.24. The van der Waals surface area contributed by atoms with Gasteiger partial charge in [-0.15, -0.1) is 10.2 Å². The third-order valence-electron chi connectivity index (χ3n) is 3.89. The van der Waals surface area contributed by atoms with Crippen LogP contribution in [0.15, 0.2) is 30.3 Å². The van der Waals surface area contributed by atoms with Crippen molar-refractivity contribution in [2.75, 3.05) is 5.32 Å². The van der Waals surface area contributed by atoms with E-state index in [9.17, 15) is 4.79 Å². The fourth-order valence-corrected chi connectivity index (χ4v) is 3.49. The van der Waals surface area contributed by atoms with Crippen LogP contribution in [0.5, 0.6) is 0 Å². The number of hydrogen-bond acceptors (Lipinski definition) is 5. The highest BCUT2D eigenvalue weighted by Gasteiger charge is 2.27. The van der Waals surface area contributed by atoms with E-state index in [4.69, 9.17) is 0 Å². The number of benzene rings is 1. The molecule has 7 heteroatoms. The van der Waals surface area contributed by atoms with Gasteiger partial charge in [-0.3, -0.25) is 10.1 Å². The molecule has 3 aromatic rings. The summed E-state index contributed by atoms with van der Waals surface area (Å²) in [5.41, 5.74) is 3.66. The predicted octanol–water partition coefficient (Wildman–Crippen LogP) is 2.77. The molecule has 6 nitrogen and oxygen atoms in total. The van der Waals surface area contributed by atoms with Crippen molar-refractivity contribution < 1.29 is 4.79 Å². The fraction of sp³-hybridized carbons (Fsp3) is 0.250. The summed E-state index contributed by atoms with van der Waals surface area (Å²) in [6.07, 6.45) is 2.89. The van der Waals surface area contributed by atoms with Crippen molar-refractivity contribution in [3.63, 3.8) is 0 Å². The zero-order chi connectivity index (χ0) is 15.8. The molecule has 0 radical (unpaired) electrons. The Bertz CT molecular complexity index is 868. The van der Waals surface area contributed by atoms with Crippen molar-refractivity contribution in [1.29, 1.82) is 0 Å². The molecule has 0 bridgehead atoms. The number of amides is 1.